The van der Waals surface area contributed by atoms with Gasteiger partial charge in [-0.2, -0.15) is 0 Å². The fourth-order valence-corrected chi connectivity index (χ4v) is 2.33. The van der Waals surface area contributed by atoms with Gasteiger partial charge in [-0.15, -0.1) is 0 Å². The van der Waals surface area contributed by atoms with E-state index in [1.165, 1.54) is 25.7 Å². The number of hydrogen-bond acceptors (Lipinski definition) is 3. The van der Waals surface area contributed by atoms with E-state index < -0.39 is 0 Å². The smallest absolute Gasteiger partial charge is 0.155 e. The Kier molecular flexibility index (Phi) is 5.54. The lowest BCUT2D eigenvalue weighted by molar-refractivity contribution is 0.112. The number of benzene rings is 1. The van der Waals surface area contributed by atoms with Crippen LogP contribution in [0.25, 0.3) is 11.3 Å². The van der Waals surface area contributed by atoms with Gasteiger partial charge < -0.3 is 4.52 Å². The molecule has 20 heavy (non-hydrogen) atoms. The molecule has 0 aliphatic heterocycles. The van der Waals surface area contributed by atoms with Gasteiger partial charge >= 0.3 is 0 Å². The molecule has 0 N–H and O–H groups in total. The molecular weight excluding hydrogens is 250 g/mol. The van der Waals surface area contributed by atoms with Gasteiger partial charge in [-0.05, 0) is 6.42 Å². The zero-order chi connectivity index (χ0) is 14.2. The molecule has 3 nitrogen and oxygen atoms in total. The number of aromatic nitrogens is 1. The lowest BCUT2D eigenvalue weighted by Gasteiger charge is -1.99. The van der Waals surface area contributed by atoms with Crippen LogP contribution in [-0.2, 0) is 6.42 Å². The van der Waals surface area contributed by atoms with E-state index in [4.69, 9.17) is 4.52 Å². The summed E-state index contributed by atoms with van der Waals surface area (Å²) < 4.78 is 5.37. The molecule has 0 saturated heterocycles. The van der Waals surface area contributed by atoms with Gasteiger partial charge in [-0.25, -0.2) is 0 Å². The molecule has 0 amide bonds. The SMILES string of the molecule is CCCCCCCc1onc(-c2ccccc2)c1C=O. The van der Waals surface area contributed by atoms with Gasteiger partial charge in [-0.1, -0.05) is 68.1 Å². The molecule has 0 aliphatic rings. The number of unbranched alkanes of at least 4 members (excludes halogenated alkanes) is 4. The third kappa shape index (κ3) is 3.56. The maximum Gasteiger partial charge on any atom is 0.155 e. The molecule has 2 aromatic rings. The monoisotopic (exact) mass is 271 g/mol. The fourth-order valence-electron chi connectivity index (χ4n) is 2.33. The van der Waals surface area contributed by atoms with E-state index in [1.807, 2.05) is 30.3 Å². The Morgan fingerprint density at radius 1 is 1.10 bits per heavy atom. The Morgan fingerprint density at radius 2 is 1.85 bits per heavy atom. The molecule has 0 radical (unpaired) electrons. The van der Waals surface area contributed by atoms with Crippen LogP contribution in [0.5, 0.6) is 0 Å². The van der Waals surface area contributed by atoms with E-state index in [2.05, 4.69) is 12.1 Å². The molecule has 106 valence electrons. The van der Waals surface area contributed by atoms with Crippen molar-refractivity contribution >= 4 is 6.29 Å². The van der Waals surface area contributed by atoms with Crippen molar-refractivity contribution in [3.05, 3.63) is 41.7 Å². The summed E-state index contributed by atoms with van der Waals surface area (Å²) in [7, 11) is 0. The number of carbonyl (C=O) groups is 1. The summed E-state index contributed by atoms with van der Waals surface area (Å²) in [6, 6.07) is 9.69. The molecule has 0 saturated carbocycles. The molecule has 3 heteroatoms. The fraction of sp³-hybridized carbons (Fsp3) is 0.412. The molecule has 0 atom stereocenters. The summed E-state index contributed by atoms with van der Waals surface area (Å²) in [5.74, 6) is 0.718. The van der Waals surface area contributed by atoms with Crippen LogP contribution in [0.3, 0.4) is 0 Å². The summed E-state index contributed by atoms with van der Waals surface area (Å²) >= 11 is 0. The van der Waals surface area contributed by atoms with Gasteiger partial charge in [0, 0.05) is 12.0 Å². The maximum atomic E-state index is 11.3. The Balaban J connectivity index is 2.04. The van der Waals surface area contributed by atoms with Crippen LogP contribution >= 0.6 is 0 Å². The molecule has 0 spiro atoms. The summed E-state index contributed by atoms with van der Waals surface area (Å²) in [4.78, 5) is 11.3. The van der Waals surface area contributed by atoms with E-state index in [9.17, 15) is 4.79 Å². The van der Waals surface area contributed by atoms with Crippen molar-refractivity contribution in [1.82, 2.24) is 5.16 Å². The molecule has 0 aliphatic carbocycles. The van der Waals surface area contributed by atoms with Crippen LogP contribution in [0.4, 0.5) is 0 Å². The first-order valence-corrected chi connectivity index (χ1v) is 7.36. The summed E-state index contributed by atoms with van der Waals surface area (Å²) in [6.45, 7) is 2.20. The van der Waals surface area contributed by atoms with Crippen molar-refractivity contribution in [3.8, 4) is 11.3 Å². The van der Waals surface area contributed by atoms with E-state index in [0.29, 0.717) is 11.3 Å². The zero-order valence-electron chi connectivity index (χ0n) is 12.0. The van der Waals surface area contributed by atoms with Crippen molar-refractivity contribution < 1.29 is 9.32 Å². The van der Waals surface area contributed by atoms with Crippen molar-refractivity contribution in [1.29, 1.82) is 0 Å². The highest BCUT2D eigenvalue weighted by atomic mass is 16.5. The number of nitrogens with zero attached hydrogens (tertiary/aromatic N) is 1. The van der Waals surface area contributed by atoms with Gasteiger partial charge in [0.05, 0.1) is 5.56 Å². The maximum absolute atomic E-state index is 11.3. The summed E-state index contributed by atoms with van der Waals surface area (Å²) in [5.41, 5.74) is 2.19. The number of aldehydes is 1. The van der Waals surface area contributed by atoms with Crippen LogP contribution < -0.4 is 0 Å². The van der Waals surface area contributed by atoms with Gasteiger partial charge in [0.2, 0.25) is 0 Å². The molecule has 0 fully saturated rings. The third-order valence-electron chi connectivity index (χ3n) is 3.48. The number of hydrogen-bond donors (Lipinski definition) is 0. The summed E-state index contributed by atoms with van der Waals surface area (Å²) in [5, 5.41) is 4.07. The molecule has 0 bridgehead atoms. The number of rotatable bonds is 8. The Labute approximate surface area is 120 Å². The minimum Gasteiger partial charge on any atom is -0.360 e. The quantitative estimate of drug-likeness (QED) is 0.517. The van der Waals surface area contributed by atoms with Crippen molar-refractivity contribution in [2.75, 3.05) is 0 Å². The van der Waals surface area contributed by atoms with Crippen molar-refractivity contribution in [3.63, 3.8) is 0 Å². The van der Waals surface area contributed by atoms with Crippen LogP contribution in [-0.4, -0.2) is 11.4 Å². The highest BCUT2D eigenvalue weighted by Gasteiger charge is 2.16. The zero-order valence-corrected chi connectivity index (χ0v) is 12.0. The lowest BCUT2D eigenvalue weighted by Crippen LogP contribution is -1.91. The van der Waals surface area contributed by atoms with Crippen LogP contribution in [0, 0.1) is 0 Å². The van der Waals surface area contributed by atoms with Gasteiger partial charge in [0.15, 0.2) is 6.29 Å². The van der Waals surface area contributed by atoms with Gasteiger partial charge in [0.1, 0.15) is 11.5 Å². The van der Waals surface area contributed by atoms with Gasteiger partial charge in [-0.3, -0.25) is 4.79 Å². The minimum absolute atomic E-state index is 0.603. The van der Waals surface area contributed by atoms with E-state index >= 15 is 0 Å². The van der Waals surface area contributed by atoms with E-state index in [0.717, 1.165) is 30.5 Å². The van der Waals surface area contributed by atoms with E-state index in [-0.39, 0.29) is 0 Å². The molecule has 1 aromatic heterocycles. The van der Waals surface area contributed by atoms with E-state index in [1.54, 1.807) is 0 Å². The number of carbonyl (C=O) groups excluding carboxylic acids is 1. The molecule has 0 unspecified atom stereocenters. The van der Waals surface area contributed by atoms with Crippen LogP contribution in [0.15, 0.2) is 34.9 Å². The Hall–Kier alpha value is -1.90. The largest absolute Gasteiger partial charge is 0.360 e. The second-order valence-corrected chi connectivity index (χ2v) is 5.02. The average Bonchev–Trinajstić information content (AvgIpc) is 2.91. The normalized spacial score (nSPS) is 10.7. The first-order chi connectivity index (χ1) is 9.86. The van der Waals surface area contributed by atoms with Crippen LogP contribution in [0.1, 0.15) is 55.1 Å². The third-order valence-corrected chi connectivity index (χ3v) is 3.48. The highest BCUT2D eigenvalue weighted by molar-refractivity contribution is 5.86. The molecular formula is C17H21NO2. The first-order valence-electron chi connectivity index (χ1n) is 7.36. The lowest BCUT2D eigenvalue weighted by atomic mass is 10.0. The van der Waals surface area contributed by atoms with Crippen molar-refractivity contribution in [2.45, 2.75) is 45.4 Å². The summed E-state index contributed by atoms with van der Waals surface area (Å²) in [6.07, 6.45) is 7.62. The number of aryl methyl sites for hydroxylation is 1. The van der Waals surface area contributed by atoms with Gasteiger partial charge in [0.25, 0.3) is 0 Å². The molecule has 1 heterocycles. The molecule has 2 rings (SSSR count). The highest BCUT2D eigenvalue weighted by Crippen LogP contribution is 2.25. The van der Waals surface area contributed by atoms with Crippen molar-refractivity contribution in [2.24, 2.45) is 0 Å². The molecule has 1 aromatic carbocycles. The standard InChI is InChI=1S/C17H21NO2/c1-2-3-4-5-9-12-16-15(13-19)17(18-20-16)14-10-7-6-8-11-14/h6-8,10-11,13H,2-5,9,12H2,1H3. The Bertz CT molecular complexity index is 531. The topological polar surface area (TPSA) is 43.1 Å². The predicted molar refractivity (Wildman–Crippen MR) is 79.8 cm³/mol. The minimum atomic E-state index is 0.603. The predicted octanol–water partition coefficient (Wildman–Crippen LogP) is 4.67. The average molecular weight is 271 g/mol. The second kappa shape index (κ2) is 7.63. The van der Waals surface area contributed by atoms with Crippen LogP contribution in [0.2, 0.25) is 0 Å². The first kappa shape index (κ1) is 14.5. The second-order valence-electron chi connectivity index (χ2n) is 5.02. The Morgan fingerprint density at radius 3 is 2.55 bits per heavy atom.